The molecule has 0 atom stereocenters. The standard InChI is InChI=1S/C9H15BrN4/c1-6(2)8(11)14(5-7(3)10)9(12)13-4/h5-6,11-12H,4H2,1-3H3/b7-5+,11-8?,12-9?. The number of nitrogens with zero attached hydrogens (tertiary/aromatic N) is 2. The maximum Gasteiger partial charge on any atom is 0.226 e. The first kappa shape index (κ1) is 13.0. The molecular formula is C9H15BrN4. The van der Waals surface area contributed by atoms with Crippen LogP contribution in [0, 0.1) is 16.7 Å². The predicted octanol–water partition coefficient (Wildman–Crippen LogP) is 2.81. The summed E-state index contributed by atoms with van der Waals surface area (Å²) in [5.74, 6) is 0.323. The minimum absolute atomic E-state index is 0.0394. The van der Waals surface area contributed by atoms with E-state index >= 15 is 0 Å². The van der Waals surface area contributed by atoms with Crippen molar-refractivity contribution in [3.05, 3.63) is 10.7 Å². The second-order valence-corrected chi connectivity index (χ2v) is 4.36. The molecule has 0 aliphatic rings. The highest BCUT2D eigenvalue weighted by atomic mass is 79.9. The first-order valence-corrected chi connectivity index (χ1v) is 4.96. The predicted molar refractivity (Wildman–Crippen MR) is 64.4 cm³/mol. The molecule has 0 aliphatic carbocycles. The molecule has 0 radical (unpaired) electrons. The molecule has 5 heteroatoms. The van der Waals surface area contributed by atoms with Gasteiger partial charge in [-0.2, -0.15) is 0 Å². The van der Waals surface area contributed by atoms with Crippen molar-refractivity contribution in [1.29, 1.82) is 10.8 Å². The van der Waals surface area contributed by atoms with Crippen LogP contribution in [0.15, 0.2) is 15.7 Å². The summed E-state index contributed by atoms with van der Waals surface area (Å²) in [6, 6.07) is 0. The van der Waals surface area contributed by atoms with Crippen LogP contribution < -0.4 is 0 Å². The fourth-order valence-corrected chi connectivity index (χ4v) is 0.982. The highest BCUT2D eigenvalue weighted by molar-refractivity contribution is 9.11. The molecule has 0 fully saturated rings. The molecule has 0 amide bonds. The van der Waals surface area contributed by atoms with Gasteiger partial charge < -0.3 is 0 Å². The lowest BCUT2D eigenvalue weighted by atomic mass is 10.2. The quantitative estimate of drug-likeness (QED) is 0.581. The Balaban J connectivity index is 4.91. The molecule has 0 saturated heterocycles. The zero-order valence-electron chi connectivity index (χ0n) is 8.63. The lowest BCUT2D eigenvalue weighted by Gasteiger charge is -2.21. The Kier molecular flexibility index (Phi) is 5.30. The van der Waals surface area contributed by atoms with Gasteiger partial charge in [-0.1, -0.05) is 29.8 Å². The Labute approximate surface area is 92.9 Å². The van der Waals surface area contributed by atoms with Gasteiger partial charge >= 0.3 is 0 Å². The van der Waals surface area contributed by atoms with Gasteiger partial charge in [0, 0.05) is 16.6 Å². The lowest BCUT2D eigenvalue weighted by Crippen LogP contribution is -2.33. The van der Waals surface area contributed by atoms with Crippen LogP contribution in [0.2, 0.25) is 0 Å². The first-order chi connectivity index (χ1) is 6.40. The Hall–Kier alpha value is -0.970. The second kappa shape index (κ2) is 5.70. The summed E-state index contributed by atoms with van der Waals surface area (Å²) in [7, 11) is 0. The number of guanidine groups is 1. The minimum Gasteiger partial charge on any atom is -0.288 e. The number of halogens is 1. The number of hydrogen-bond donors (Lipinski definition) is 2. The van der Waals surface area contributed by atoms with E-state index < -0.39 is 0 Å². The van der Waals surface area contributed by atoms with Gasteiger partial charge in [0.05, 0.1) is 0 Å². The fraction of sp³-hybridized carbons (Fsp3) is 0.444. The molecule has 0 aromatic heterocycles. The number of nitrogens with one attached hydrogen (secondary N) is 2. The van der Waals surface area contributed by atoms with E-state index in [9.17, 15) is 0 Å². The van der Waals surface area contributed by atoms with Gasteiger partial charge in [0.25, 0.3) is 0 Å². The zero-order chi connectivity index (χ0) is 11.3. The normalized spacial score (nSPS) is 11.4. The van der Waals surface area contributed by atoms with E-state index in [0.29, 0.717) is 5.84 Å². The van der Waals surface area contributed by atoms with E-state index in [2.05, 4.69) is 27.6 Å². The maximum absolute atomic E-state index is 7.76. The van der Waals surface area contributed by atoms with Crippen LogP contribution in [0.1, 0.15) is 20.8 Å². The van der Waals surface area contributed by atoms with Crippen molar-refractivity contribution in [3.8, 4) is 0 Å². The van der Waals surface area contributed by atoms with Crippen molar-refractivity contribution in [3.63, 3.8) is 0 Å². The molecule has 0 heterocycles. The highest BCUT2D eigenvalue weighted by Gasteiger charge is 2.14. The van der Waals surface area contributed by atoms with Gasteiger partial charge in [-0.05, 0) is 13.6 Å². The number of amidine groups is 1. The van der Waals surface area contributed by atoms with Gasteiger partial charge in [-0.3, -0.25) is 15.7 Å². The number of allylic oxidation sites excluding steroid dienone is 1. The topological polar surface area (TPSA) is 63.3 Å². The van der Waals surface area contributed by atoms with Crippen LogP contribution in [-0.2, 0) is 0 Å². The molecule has 0 aromatic carbocycles. The van der Waals surface area contributed by atoms with Crippen LogP contribution in [0.5, 0.6) is 0 Å². The molecule has 14 heavy (non-hydrogen) atoms. The van der Waals surface area contributed by atoms with Crippen molar-refractivity contribution < 1.29 is 0 Å². The third kappa shape index (κ3) is 3.83. The monoisotopic (exact) mass is 258 g/mol. The largest absolute Gasteiger partial charge is 0.288 e. The molecule has 0 aliphatic heterocycles. The van der Waals surface area contributed by atoms with Gasteiger partial charge in [-0.15, -0.1) is 0 Å². The van der Waals surface area contributed by atoms with Crippen molar-refractivity contribution in [2.75, 3.05) is 0 Å². The highest BCUT2D eigenvalue weighted by Crippen LogP contribution is 2.10. The minimum atomic E-state index is -0.0394. The molecule has 0 spiro atoms. The van der Waals surface area contributed by atoms with Crippen LogP contribution in [0.25, 0.3) is 0 Å². The molecular weight excluding hydrogens is 244 g/mol. The third-order valence-electron chi connectivity index (χ3n) is 1.49. The Morgan fingerprint density at radius 3 is 2.29 bits per heavy atom. The van der Waals surface area contributed by atoms with Crippen molar-refractivity contribution in [2.24, 2.45) is 10.9 Å². The van der Waals surface area contributed by atoms with Crippen molar-refractivity contribution >= 4 is 34.4 Å². The molecule has 0 aromatic rings. The molecule has 4 nitrogen and oxygen atoms in total. The SMILES string of the molecule is C=NC(=N)N(/C=C(\C)Br)C(=N)C(C)C. The summed E-state index contributed by atoms with van der Waals surface area (Å²) in [6.45, 7) is 8.89. The van der Waals surface area contributed by atoms with Crippen LogP contribution in [-0.4, -0.2) is 23.4 Å². The van der Waals surface area contributed by atoms with E-state index in [1.165, 1.54) is 4.90 Å². The number of hydrogen-bond acceptors (Lipinski definition) is 2. The zero-order valence-corrected chi connectivity index (χ0v) is 10.2. The molecule has 0 rings (SSSR count). The summed E-state index contributed by atoms with van der Waals surface area (Å²) in [5, 5.41) is 15.3. The Bertz CT molecular complexity index is 277. The molecule has 0 bridgehead atoms. The van der Waals surface area contributed by atoms with Gasteiger partial charge in [-0.25, -0.2) is 4.99 Å². The van der Waals surface area contributed by atoms with Gasteiger partial charge in [0.2, 0.25) is 5.96 Å². The maximum atomic E-state index is 7.76. The van der Waals surface area contributed by atoms with E-state index in [1.807, 2.05) is 20.8 Å². The molecule has 0 unspecified atom stereocenters. The summed E-state index contributed by atoms with van der Waals surface area (Å²) in [5.41, 5.74) is 0. The fourth-order valence-electron chi connectivity index (χ4n) is 0.777. The second-order valence-electron chi connectivity index (χ2n) is 3.11. The van der Waals surface area contributed by atoms with Gasteiger partial charge in [0.15, 0.2) is 0 Å². The van der Waals surface area contributed by atoms with Crippen LogP contribution >= 0.6 is 15.9 Å². The van der Waals surface area contributed by atoms with Crippen molar-refractivity contribution in [2.45, 2.75) is 20.8 Å². The third-order valence-corrected chi connectivity index (χ3v) is 1.70. The van der Waals surface area contributed by atoms with Crippen LogP contribution in [0.3, 0.4) is 0 Å². The molecule has 78 valence electrons. The summed E-state index contributed by atoms with van der Waals surface area (Å²) < 4.78 is 0.830. The van der Waals surface area contributed by atoms with Gasteiger partial charge in [0.1, 0.15) is 5.84 Å². The molecule has 2 N–H and O–H groups in total. The van der Waals surface area contributed by atoms with E-state index in [0.717, 1.165) is 4.48 Å². The average Bonchev–Trinajstić information content (AvgIpc) is 2.11. The van der Waals surface area contributed by atoms with E-state index in [-0.39, 0.29) is 11.9 Å². The smallest absolute Gasteiger partial charge is 0.226 e. The molecule has 0 saturated carbocycles. The number of rotatable bonds is 2. The van der Waals surface area contributed by atoms with E-state index in [4.69, 9.17) is 10.8 Å². The van der Waals surface area contributed by atoms with Crippen LogP contribution in [0.4, 0.5) is 0 Å². The average molecular weight is 259 g/mol. The Morgan fingerprint density at radius 1 is 1.50 bits per heavy atom. The first-order valence-electron chi connectivity index (χ1n) is 4.17. The summed E-state index contributed by atoms with van der Waals surface area (Å²) in [6.07, 6.45) is 1.64. The van der Waals surface area contributed by atoms with Crippen molar-refractivity contribution in [1.82, 2.24) is 4.90 Å². The Morgan fingerprint density at radius 2 is 2.00 bits per heavy atom. The number of aliphatic imine (C=N–C) groups is 1. The summed E-state index contributed by atoms with van der Waals surface area (Å²) >= 11 is 3.25. The lowest BCUT2D eigenvalue weighted by molar-refractivity contribution is 0.698. The van der Waals surface area contributed by atoms with E-state index in [1.54, 1.807) is 6.20 Å². The summed E-state index contributed by atoms with van der Waals surface area (Å²) in [4.78, 5) is 4.89.